The summed E-state index contributed by atoms with van der Waals surface area (Å²) < 4.78 is 19.5. The van der Waals surface area contributed by atoms with Crippen molar-refractivity contribution in [2.24, 2.45) is 11.8 Å². The van der Waals surface area contributed by atoms with Crippen LogP contribution in [0.4, 0.5) is 0 Å². The third-order valence-electron chi connectivity index (χ3n) is 8.98. The summed E-state index contributed by atoms with van der Waals surface area (Å²) in [6.07, 6.45) is 0.251. The number of hydrogen-bond acceptors (Lipinski definition) is 5. The average molecular weight is 531 g/mol. The zero-order chi connectivity index (χ0) is 27.1. The Kier molecular flexibility index (Phi) is 6.24. The number of ether oxygens (including phenoxy) is 3. The molecule has 1 aliphatic carbocycles. The smallest absolute Gasteiger partial charge is 0.338 e. The van der Waals surface area contributed by atoms with Gasteiger partial charge in [-0.3, -0.25) is 0 Å². The lowest BCUT2D eigenvalue weighted by Crippen LogP contribution is -2.49. The molecule has 6 atom stereocenters. The van der Waals surface area contributed by atoms with Crippen LogP contribution in [0.5, 0.6) is 0 Å². The number of esters is 2. The van der Waals surface area contributed by atoms with Gasteiger partial charge in [-0.25, -0.2) is 9.59 Å². The van der Waals surface area contributed by atoms with E-state index in [0.29, 0.717) is 11.1 Å². The summed E-state index contributed by atoms with van der Waals surface area (Å²) in [5, 5.41) is 0. The van der Waals surface area contributed by atoms with Crippen molar-refractivity contribution in [2.75, 3.05) is 0 Å². The molecule has 1 saturated carbocycles. The second kappa shape index (κ2) is 10.1. The lowest BCUT2D eigenvalue weighted by atomic mass is 9.62. The lowest BCUT2D eigenvalue weighted by molar-refractivity contribution is -0.0630. The first kappa shape index (κ1) is 24.8. The minimum Gasteiger partial charge on any atom is -0.454 e. The molecule has 0 amide bonds. The highest BCUT2D eigenvalue weighted by molar-refractivity contribution is 5.90. The fourth-order valence-electron chi connectivity index (χ4n) is 7.51. The van der Waals surface area contributed by atoms with E-state index in [4.69, 9.17) is 14.2 Å². The van der Waals surface area contributed by atoms with Crippen LogP contribution in [-0.2, 0) is 19.6 Å². The molecule has 0 spiro atoms. The van der Waals surface area contributed by atoms with Crippen LogP contribution in [-0.4, -0.2) is 36.4 Å². The van der Waals surface area contributed by atoms with E-state index in [2.05, 4.69) is 24.3 Å². The van der Waals surface area contributed by atoms with Crippen LogP contribution in [0.25, 0.3) is 0 Å². The maximum Gasteiger partial charge on any atom is 0.338 e. The molecule has 2 saturated heterocycles. The molecule has 200 valence electrons. The number of carbonyl (C=O) groups is 2. The van der Waals surface area contributed by atoms with Gasteiger partial charge < -0.3 is 14.2 Å². The van der Waals surface area contributed by atoms with Crippen LogP contribution < -0.4 is 0 Å². The van der Waals surface area contributed by atoms with E-state index in [1.807, 2.05) is 72.8 Å². The maximum atomic E-state index is 13.8. The molecule has 3 fully saturated rings. The standard InChI is InChI=1S/C35H30O5/c36-33(23-13-5-1-6-14-23)39-31-29-27-21-22-28(38-27)30(29)35(25-17-9-3-10-18-25,26-19-11-4-12-20-26)32(31)40-34(37)24-15-7-2-8-16-24/h1-20,27-32H,21-22H2. The van der Waals surface area contributed by atoms with Crippen LogP contribution in [0.2, 0.25) is 0 Å². The van der Waals surface area contributed by atoms with Gasteiger partial charge in [-0.05, 0) is 48.2 Å². The largest absolute Gasteiger partial charge is 0.454 e. The Balaban J connectivity index is 1.43. The Bertz CT molecular complexity index is 1450. The van der Waals surface area contributed by atoms with Crippen LogP contribution in [0.15, 0.2) is 121 Å². The van der Waals surface area contributed by atoms with E-state index in [1.165, 1.54) is 0 Å². The summed E-state index contributed by atoms with van der Waals surface area (Å²) in [7, 11) is 0. The quantitative estimate of drug-likeness (QED) is 0.277. The summed E-state index contributed by atoms with van der Waals surface area (Å²) in [4.78, 5) is 27.3. The van der Waals surface area contributed by atoms with Gasteiger partial charge in [-0.15, -0.1) is 0 Å². The highest BCUT2D eigenvalue weighted by atomic mass is 16.6. The van der Waals surface area contributed by atoms with Crippen molar-refractivity contribution in [3.05, 3.63) is 144 Å². The van der Waals surface area contributed by atoms with Gasteiger partial charge in [0.05, 0.1) is 28.7 Å². The molecule has 40 heavy (non-hydrogen) atoms. The molecule has 2 aliphatic heterocycles. The first-order valence-corrected chi connectivity index (χ1v) is 14.0. The lowest BCUT2D eigenvalue weighted by Gasteiger charge is -2.42. The average Bonchev–Trinajstić information content (AvgIpc) is 3.71. The Morgan fingerprint density at radius 2 is 1.05 bits per heavy atom. The Morgan fingerprint density at radius 3 is 1.57 bits per heavy atom. The predicted octanol–water partition coefficient (Wildman–Crippen LogP) is 6.23. The molecule has 3 aliphatic rings. The Morgan fingerprint density at radius 1 is 0.600 bits per heavy atom. The van der Waals surface area contributed by atoms with E-state index in [-0.39, 0.29) is 24.0 Å². The third kappa shape index (κ3) is 3.88. The number of carbonyl (C=O) groups excluding carboxylic acids is 2. The molecule has 0 radical (unpaired) electrons. The zero-order valence-electron chi connectivity index (χ0n) is 22.0. The van der Waals surface area contributed by atoms with Crippen LogP contribution in [0, 0.1) is 11.8 Å². The van der Waals surface area contributed by atoms with Gasteiger partial charge in [0.2, 0.25) is 0 Å². The van der Waals surface area contributed by atoms with Crippen molar-refractivity contribution >= 4 is 11.9 Å². The molecular weight excluding hydrogens is 500 g/mol. The fraction of sp³-hybridized carbons (Fsp3) is 0.257. The molecule has 2 heterocycles. The molecule has 4 aromatic carbocycles. The fourth-order valence-corrected chi connectivity index (χ4v) is 7.51. The van der Waals surface area contributed by atoms with Gasteiger partial charge in [0.1, 0.15) is 6.10 Å². The predicted molar refractivity (Wildman–Crippen MR) is 150 cm³/mol. The van der Waals surface area contributed by atoms with E-state index in [0.717, 1.165) is 24.0 Å². The molecule has 7 rings (SSSR count). The van der Waals surface area contributed by atoms with Crippen molar-refractivity contribution in [3.8, 4) is 0 Å². The van der Waals surface area contributed by atoms with Crippen LogP contribution in [0.3, 0.4) is 0 Å². The normalized spacial score (nSPS) is 27.6. The molecule has 6 unspecified atom stereocenters. The maximum absolute atomic E-state index is 13.8. The van der Waals surface area contributed by atoms with Gasteiger partial charge in [-0.1, -0.05) is 97.1 Å². The van der Waals surface area contributed by atoms with Gasteiger partial charge in [0, 0.05) is 11.8 Å². The molecular formula is C35H30O5. The summed E-state index contributed by atoms with van der Waals surface area (Å²) >= 11 is 0. The van der Waals surface area contributed by atoms with Crippen LogP contribution in [0.1, 0.15) is 44.7 Å². The van der Waals surface area contributed by atoms with Crippen molar-refractivity contribution < 1.29 is 23.8 Å². The minimum atomic E-state index is -0.779. The number of hydrogen-bond donors (Lipinski definition) is 0. The topological polar surface area (TPSA) is 61.8 Å². The molecule has 5 heteroatoms. The Hall–Kier alpha value is -4.22. The van der Waals surface area contributed by atoms with Gasteiger partial charge in [0.25, 0.3) is 0 Å². The van der Waals surface area contributed by atoms with E-state index in [9.17, 15) is 9.59 Å². The number of benzene rings is 4. The van der Waals surface area contributed by atoms with Crippen molar-refractivity contribution in [2.45, 2.75) is 42.7 Å². The molecule has 0 aromatic heterocycles. The first-order chi connectivity index (χ1) is 19.7. The Labute approximate surface area is 233 Å². The summed E-state index contributed by atoms with van der Waals surface area (Å²) in [6.45, 7) is 0. The minimum absolute atomic E-state index is 0.0335. The van der Waals surface area contributed by atoms with Crippen molar-refractivity contribution in [3.63, 3.8) is 0 Å². The number of fused-ring (bicyclic) bond motifs is 5. The highest BCUT2D eigenvalue weighted by Gasteiger charge is 2.73. The molecule has 4 aromatic rings. The molecule has 2 bridgehead atoms. The van der Waals surface area contributed by atoms with E-state index >= 15 is 0 Å². The second-order valence-electron chi connectivity index (χ2n) is 10.9. The zero-order valence-corrected chi connectivity index (χ0v) is 22.0. The molecule has 0 N–H and O–H groups in total. The van der Waals surface area contributed by atoms with E-state index in [1.54, 1.807) is 24.3 Å². The van der Waals surface area contributed by atoms with Crippen molar-refractivity contribution in [1.82, 2.24) is 0 Å². The van der Waals surface area contributed by atoms with Gasteiger partial charge in [0.15, 0.2) is 6.10 Å². The second-order valence-corrected chi connectivity index (χ2v) is 10.9. The highest BCUT2D eigenvalue weighted by Crippen LogP contribution is 2.64. The SMILES string of the molecule is O=C(OC1C2C3CCC(O3)C2C(c2ccccc2)(c2ccccc2)C1OC(=O)c1ccccc1)c1ccccc1. The summed E-state index contributed by atoms with van der Waals surface area (Å²) in [5.74, 6) is -1.03. The third-order valence-corrected chi connectivity index (χ3v) is 8.98. The van der Waals surface area contributed by atoms with E-state index < -0.39 is 29.6 Å². The summed E-state index contributed by atoms with van der Waals surface area (Å²) in [5.41, 5.74) is 2.20. The monoisotopic (exact) mass is 530 g/mol. The first-order valence-electron chi connectivity index (χ1n) is 14.0. The van der Waals surface area contributed by atoms with Gasteiger partial charge >= 0.3 is 11.9 Å². The molecule has 5 nitrogen and oxygen atoms in total. The number of rotatable bonds is 6. The van der Waals surface area contributed by atoms with Crippen LogP contribution >= 0.6 is 0 Å². The summed E-state index contributed by atoms with van der Waals surface area (Å²) in [6, 6.07) is 38.5. The van der Waals surface area contributed by atoms with Crippen molar-refractivity contribution in [1.29, 1.82) is 0 Å². The van der Waals surface area contributed by atoms with Gasteiger partial charge in [-0.2, -0.15) is 0 Å².